The van der Waals surface area contributed by atoms with E-state index in [4.69, 9.17) is 6.42 Å². The second-order valence-corrected chi connectivity index (χ2v) is 4.72. The van der Waals surface area contributed by atoms with E-state index in [2.05, 4.69) is 16.0 Å². The van der Waals surface area contributed by atoms with Gasteiger partial charge in [0.05, 0.1) is 12.7 Å². The van der Waals surface area contributed by atoms with Crippen LogP contribution in [0.3, 0.4) is 0 Å². The molecule has 0 aliphatic rings. The number of rotatable bonds is 6. The third kappa shape index (κ3) is 5.66. The van der Waals surface area contributed by atoms with Crippen LogP contribution in [0.4, 0.5) is 13.2 Å². The molecular weight excluding hydrogens is 311 g/mol. The topological polar surface area (TPSA) is 55.4 Å². The highest BCUT2D eigenvalue weighted by atomic mass is 19.4. The van der Waals surface area contributed by atoms with Gasteiger partial charge in [0, 0.05) is 12.0 Å². The smallest absolute Gasteiger partial charge is 0.416 e. The number of halogens is 3. The third-order valence-corrected chi connectivity index (χ3v) is 3.06. The van der Waals surface area contributed by atoms with E-state index < -0.39 is 29.7 Å². The minimum absolute atomic E-state index is 0.189. The molecule has 0 fully saturated rings. The van der Waals surface area contributed by atoms with E-state index in [1.54, 1.807) is 0 Å². The number of carbonyl (C=O) groups excluding carboxylic acids is 2. The molecule has 0 heterocycles. The summed E-state index contributed by atoms with van der Waals surface area (Å²) >= 11 is 0. The van der Waals surface area contributed by atoms with Gasteiger partial charge >= 0.3 is 12.1 Å². The van der Waals surface area contributed by atoms with Gasteiger partial charge < -0.3 is 10.1 Å². The molecule has 1 aromatic carbocycles. The van der Waals surface area contributed by atoms with Crippen molar-refractivity contribution >= 4 is 11.9 Å². The van der Waals surface area contributed by atoms with E-state index in [1.165, 1.54) is 6.07 Å². The Morgan fingerprint density at radius 3 is 2.65 bits per heavy atom. The Labute approximate surface area is 132 Å². The quantitative estimate of drug-likeness (QED) is 0.497. The lowest BCUT2D eigenvalue weighted by Gasteiger charge is -2.16. The van der Waals surface area contributed by atoms with Crippen LogP contribution in [0, 0.1) is 12.3 Å². The molecule has 4 nitrogen and oxygen atoms in total. The zero-order valence-electron chi connectivity index (χ0n) is 12.4. The second-order valence-electron chi connectivity index (χ2n) is 4.72. The Bertz CT molecular complexity index is 605. The fourth-order valence-corrected chi connectivity index (χ4v) is 1.88. The lowest BCUT2D eigenvalue weighted by atomic mass is 10.1. The number of carbonyl (C=O) groups is 2. The van der Waals surface area contributed by atoms with Gasteiger partial charge in [-0.25, -0.2) is 4.79 Å². The lowest BCUT2D eigenvalue weighted by Crippen LogP contribution is -2.41. The first-order valence-corrected chi connectivity index (χ1v) is 6.79. The molecule has 23 heavy (non-hydrogen) atoms. The fraction of sp³-hybridized carbons (Fsp3) is 0.375. The van der Waals surface area contributed by atoms with E-state index in [1.807, 2.05) is 0 Å². The summed E-state index contributed by atoms with van der Waals surface area (Å²) in [5, 5.41) is 2.37. The van der Waals surface area contributed by atoms with Crippen molar-refractivity contribution in [2.24, 2.45) is 0 Å². The number of benzene rings is 1. The predicted molar refractivity (Wildman–Crippen MR) is 77.4 cm³/mol. The maximum absolute atomic E-state index is 12.7. The number of amides is 1. The molecule has 1 amide bonds. The van der Waals surface area contributed by atoms with Crippen LogP contribution in [0.25, 0.3) is 0 Å². The summed E-state index contributed by atoms with van der Waals surface area (Å²) in [6.45, 7) is 0. The average Bonchev–Trinajstić information content (AvgIpc) is 2.52. The van der Waals surface area contributed by atoms with E-state index >= 15 is 0 Å². The highest BCUT2D eigenvalue weighted by Gasteiger charge is 2.31. The third-order valence-electron chi connectivity index (χ3n) is 3.06. The molecule has 1 atom stereocenters. The molecule has 0 saturated heterocycles. The molecule has 0 spiro atoms. The molecule has 0 unspecified atom stereocenters. The highest BCUT2D eigenvalue weighted by molar-refractivity contribution is 5.96. The Morgan fingerprint density at radius 2 is 2.09 bits per heavy atom. The summed E-state index contributed by atoms with van der Waals surface area (Å²) in [5.74, 6) is 0.936. The van der Waals surface area contributed by atoms with Crippen LogP contribution in [0.15, 0.2) is 24.3 Å². The van der Waals surface area contributed by atoms with Gasteiger partial charge in [-0.1, -0.05) is 6.07 Å². The molecular formula is C16H16F3NO3. The second kappa shape index (κ2) is 8.22. The number of ether oxygens (including phenoxy) is 1. The molecule has 0 saturated carbocycles. The van der Waals surface area contributed by atoms with Crippen LogP contribution in [0.2, 0.25) is 0 Å². The van der Waals surface area contributed by atoms with Crippen molar-refractivity contribution in [3.05, 3.63) is 35.4 Å². The van der Waals surface area contributed by atoms with Crippen molar-refractivity contribution in [2.45, 2.75) is 31.5 Å². The summed E-state index contributed by atoms with van der Waals surface area (Å²) in [7, 11) is 1.16. The number of methoxy groups -OCH3 is 1. The molecule has 0 aliphatic carbocycles. The Kier molecular flexibility index (Phi) is 6.64. The standard InChI is InChI=1S/C16H16F3NO3/c1-3-4-5-9-13(15(22)23-2)20-14(21)11-7-6-8-12(10-11)16(17,18)19/h1,6-8,10,13H,4-5,9H2,2H3,(H,20,21)/t13-/m1/s1. The van der Waals surface area contributed by atoms with Crippen molar-refractivity contribution in [3.8, 4) is 12.3 Å². The Morgan fingerprint density at radius 1 is 1.39 bits per heavy atom. The van der Waals surface area contributed by atoms with Gasteiger partial charge in [-0.2, -0.15) is 13.2 Å². The predicted octanol–water partition coefficient (Wildman–Crippen LogP) is 2.78. The van der Waals surface area contributed by atoms with Crippen molar-refractivity contribution in [2.75, 3.05) is 7.11 Å². The maximum Gasteiger partial charge on any atom is 0.416 e. The first kappa shape index (κ1) is 18.6. The van der Waals surface area contributed by atoms with Crippen LogP contribution < -0.4 is 5.32 Å². The maximum atomic E-state index is 12.7. The van der Waals surface area contributed by atoms with Crippen molar-refractivity contribution in [3.63, 3.8) is 0 Å². The zero-order chi connectivity index (χ0) is 17.5. The summed E-state index contributed by atoms with van der Waals surface area (Å²) in [6.07, 6.45) is 1.68. The van der Waals surface area contributed by atoms with Gasteiger partial charge in [0.15, 0.2) is 0 Å². The zero-order valence-corrected chi connectivity index (χ0v) is 12.4. The summed E-state index contributed by atoms with van der Waals surface area (Å²) < 4.78 is 42.5. The first-order chi connectivity index (χ1) is 10.8. The fourth-order valence-electron chi connectivity index (χ4n) is 1.88. The number of nitrogens with one attached hydrogen (secondary N) is 1. The summed E-state index contributed by atoms with van der Waals surface area (Å²) in [4.78, 5) is 23.7. The van der Waals surface area contributed by atoms with E-state index in [0.29, 0.717) is 12.8 Å². The monoisotopic (exact) mass is 327 g/mol. The van der Waals surface area contributed by atoms with Crippen molar-refractivity contribution in [1.29, 1.82) is 0 Å². The minimum atomic E-state index is -4.55. The molecule has 0 aliphatic heterocycles. The first-order valence-electron chi connectivity index (χ1n) is 6.79. The van der Waals surface area contributed by atoms with Gasteiger partial charge in [0.1, 0.15) is 6.04 Å². The SMILES string of the molecule is C#CCCC[C@@H](NC(=O)c1cccc(C(F)(F)F)c1)C(=O)OC. The Balaban J connectivity index is 2.86. The van der Waals surface area contributed by atoms with Gasteiger partial charge in [-0.15, -0.1) is 12.3 Å². The van der Waals surface area contributed by atoms with Crippen LogP contribution in [0.5, 0.6) is 0 Å². The number of hydrogen-bond acceptors (Lipinski definition) is 3. The van der Waals surface area contributed by atoms with Crippen LogP contribution in [-0.2, 0) is 15.7 Å². The van der Waals surface area contributed by atoms with E-state index in [9.17, 15) is 22.8 Å². The van der Waals surface area contributed by atoms with Gasteiger partial charge in [0.2, 0.25) is 0 Å². The van der Waals surface area contributed by atoms with Crippen LogP contribution in [0.1, 0.15) is 35.2 Å². The number of hydrogen-bond donors (Lipinski definition) is 1. The molecule has 1 rings (SSSR count). The minimum Gasteiger partial charge on any atom is -0.467 e. The number of terminal acetylenes is 1. The summed E-state index contributed by atoms with van der Waals surface area (Å²) in [6, 6.07) is 2.99. The molecule has 1 N–H and O–H groups in total. The lowest BCUT2D eigenvalue weighted by molar-refractivity contribution is -0.143. The van der Waals surface area contributed by atoms with Crippen molar-refractivity contribution < 1.29 is 27.5 Å². The largest absolute Gasteiger partial charge is 0.467 e. The highest BCUT2D eigenvalue weighted by Crippen LogP contribution is 2.29. The van der Waals surface area contributed by atoms with Gasteiger partial charge in [-0.05, 0) is 31.0 Å². The van der Waals surface area contributed by atoms with Crippen LogP contribution >= 0.6 is 0 Å². The van der Waals surface area contributed by atoms with E-state index in [0.717, 1.165) is 25.3 Å². The number of unbranched alkanes of at least 4 members (excludes halogenated alkanes) is 1. The number of esters is 1. The van der Waals surface area contributed by atoms with Crippen molar-refractivity contribution in [1.82, 2.24) is 5.32 Å². The van der Waals surface area contributed by atoms with Gasteiger partial charge in [0.25, 0.3) is 5.91 Å². The van der Waals surface area contributed by atoms with E-state index in [-0.39, 0.29) is 12.0 Å². The Hall–Kier alpha value is -2.49. The molecule has 0 aromatic heterocycles. The van der Waals surface area contributed by atoms with Crippen LogP contribution in [-0.4, -0.2) is 25.0 Å². The molecule has 124 valence electrons. The average molecular weight is 327 g/mol. The number of alkyl halides is 3. The molecule has 0 bridgehead atoms. The normalized spacial score (nSPS) is 12.1. The summed E-state index contributed by atoms with van der Waals surface area (Å²) in [5.41, 5.74) is -1.13. The molecule has 0 radical (unpaired) electrons. The molecule has 1 aromatic rings. The molecule has 7 heteroatoms. The van der Waals surface area contributed by atoms with Gasteiger partial charge in [-0.3, -0.25) is 4.79 Å².